The van der Waals surface area contributed by atoms with Crippen molar-refractivity contribution in [3.05, 3.63) is 12.2 Å². The molecule has 0 amide bonds. The summed E-state index contributed by atoms with van der Waals surface area (Å²) in [5.41, 5.74) is 0. The minimum atomic E-state index is 0.704. The zero-order chi connectivity index (χ0) is 5.70. The zero-order valence-corrected chi connectivity index (χ0v) is 7.65. The van der Waals surface area contributed by atoms with Crippen molar-refractivity contribution in [1.29, 1.82) is 0 Å². The summed E-state index contributed by atoms with van der Waals surface area (Å²) < 4.78 is 2.12. The van der Waals surface area contributed by atoms with E-state index in [1.165, 1.54) is 19.4 Å². The Labute approximate surface area is 56.0 Å². The van der Waals surface area contributed by atoms with Crippen LogP contribution in [0.1, 0.15) is 13.8 Å². The van der Waals surface area contributed by atoms with Crippen LogP contribution < -0.4 is 0 Å². The van der Waals surface area contributed by atoms with Gasteiger partial charge in [-0.3, -0.25) is 0 Å². The third kappa shape index (κ3) is 6.30. The standard InChI is InChI=1S/C6H10.W/c1-4-5-6(2)3;/h1,4-6H,2-3H3;. The SMILES string of the molecule is CC(C)C=C[CH]=[W]. The maximum absolute atomic E-state index is 2.19. The van der Waals surface area contributed by atoms with Gasteiger partial charge in [0.15, 0.2) is 0 Å². The Balaban J connectivity index is 3.25. The molecule has 1 heteroatoms. The van der Waals surface area contributed by atoms with Crippen LogP contribution in [-0.4, -0.2) is 4.40 Å². The molecule has 0 saturated heterocycles. The monoisotopic (exact) mass is 266 g/mol. The third-order valence-corrected chi connectivity index (χ3v) is 1.14. The van der Waals surface area contributed by atoms with E-state index < -0.39 is 0 Å². The van der Waals surface area contributed by atoms with Gasteiger partial charge in [0, 0.05) is 0 Å². The molecule has 40 valence electrons. The summed E-state index contributed by atoms with van der Waals surface area (Å²) in [5.74, 6) is 0.704. The molecule has 0 aliphatic carbocycles. The molecule has 0 heterocycles. The number of rotatable bonds is 2. The van der Waals surface area contributed by atoms with Gasteiger partial charge >= 0.3 is 55.7 Å². The molecule has 0 N–H and O–H groups in total. The first-order valence-electron chi connectivity index (χ1n) is 2.39. The molecule has 0 atom stereocenters. The van der Waals surface area contributed by atoms with Crippen molar-refractivity contribution >= 4 is 4.40 Å². The molecule has 0 rings (SSSR count). The van der Waals surface area contributed by atoms with Crippen LogP contribution in [0.3, 0.4) is 0 Å². The second kappa shape index (κ2) is 4.46. The van der Waals surface area contributed by atoms with E-state index in [1.807, 2.05) is 0 Å². The van der Waals surface area contributed by atoms with E-state index >= 15 is 0 Å². The van der Waals surface area contributed by atoms with Gasteiger partial charge in [-0.1, -0.05) is 0 Å². The molecule has 0 fully saturated rings. The van der Waals surface area contributed by atoms with Crippen molar-refractivity contribution in [2.24, 2.45) is 5.92 Å². The number of hydrogen-bond acceptors (Lipinski definition) is 0. The van der Waals surface area contributed by atoms with E-state index in [1.54, 1.807) is 0 Å². The molecule has 0 nitrogen and oxygen atoms in total. The van der Waals surface area contributed by atoms with E-state index in [4.69, 9.17) is 0 Å². The van der Waals surface area contributed by atoms with Crippen LogP contribution in [0.4, 0.5) is 0 Å². The average Bonchev–Trinajstić information content (AvgIpc) is 1.61. The molecular weight excluding hydrogens is 256 g/mol. The first-order valence-corrected chi connectivity index (χ1v) is 4.08. The molecule has 0 aliphatic heterocycles. The summed E-state index contributed by atoms with van der Waals surface area (Å²) in [6.45, 7) is 4.35. The van der Waals surface area contributed by atoms with Crippen LogP contribution in [0.5, 0.6) is 0 Å². The second-order valence-corrected chi connectivity index (χ2v) is 2.74. The minimum absolute atomic E-state index is 0.704. The van der Waals surface area contributed by atoms with Crippen molar-refractivity contribution in [3.8, 4) is 0 Å². The molecule has 7 heavy (non-hydrogen) atoms. The molecule has 0 aromatic carbocycles. The van der Waals surface area contributed by atoms with Gasteiger partial charge in [-0.15, -0.1) is 0 Å². The van der Waals surface area contributed by atoms with Crippen molar-refractivity contribution in [3.63, 3.8) is 0 Å². The van der Waals surface area contributed by atoms with Gasteiger partial charge in [0.25, 0.3) is 0 Å². The van der Waals surface area contributed by atoms with Crippen molar-refractivity contribution in [1.82, 2.24) is 0 Å². The predicted octanol–water partition coefficient (Wildman–Crippen LogP) is 1.55. The van der Waals surface area contributed by atoms with E-state index in [0.29, 0.717) is 5.92 Å². The molecule has 0 spiro atoms. The molecule has 0 aromatic heterocycles. The fraction of sp³-hybridized carbons (Fsp3) is 0.500. The van der Waals surface area contributed by atoms with Gasteiger partial charge in [-0.25, -0.2) is 0 Å². The molecule has 0 radical (unpaired) electrons. The Bertz CT molecular complexity index is 72.2. The van der Waals surface area contributed by atoms with Gasteiger partial charge < -0.3 is 0 Å². The van der Waals surface area contributed by atoms with Crippen molar-refractivity contribution in [2.45, 2.75) is 13.8 Å². The van der Waals surface area contributed by atoms with Gasteiger partial charge in [-0.2, -0.15) is 0 Å². The fourth-order valence-corrected chi connectivity index (χ4v) is 0.594. The Morgan fingerprint density at radius 1 is 1.43 bits per heavy atom. The van der Waals surface area contributed by atoms with Crippen molar-refractivity contribution < 1.29 is 19.4 Å². The Morgan fingerprint density at radius 3 is 2.14 bits per heavy atom. The topological polar surface area (TPSA) is 0 Å². The summed E-state index contributed by atoms with van der Waals surface area (Å²) in [6.07, 6.45) is 4.30. The average molecular weight is 266 g/mol. The number of hydrogen-bond donors (Lipinski definition) is 0. The van der Waals surface area contributed by atoms with E-state index in [0.717, 1.165) is 0 Å². The van der Waals surface area contributed by atoms with Crippen LogP contribution in [0, 0.1) is 5.92 Å². The summed E-state index contributed by atoms with van der Waals surface area (Å²) in [5, 5.41) is 0. The predicted molar refractivity (Wildman–Crippen MR) is 30.0 cm³/mol. The van der Waals surface area contributed by atoms with Gasteiger partial charge in [0.2, 0.25) is 0 Å². The van der Waals surface area contributed by atoms with Crippen molar-refractivity contribution in [2.75, 3.05) is 0 Å². The Morgan fingerprint density at radius 2 is 2.00 bits per heavy atom. The molecule has 0 aliphatic rings. The first-order chi connectivity index (χ1) is 3.27. The van der Waals surface area contributed by atoms with E-state index in [-0.39, 0.29) is 0 Å². The normalized spacial score (nSPS) is 10.7. The van der Waals surface area contributed by atoms with Crippen LogP contribution in [0.15, 0.2) is 12.2 Å². The van der Waals surface area contributed by atoms with Gasteiger partial charge in [-0.05, 0) is 0 Å². The fourth-order valence-electron chi connectivity index (χ4n) is 0.268. The number of allylic oxidation sites excluding steroid dienone is 2. The summed E-state index contributed by atoms with van der Waals surface area (Å²) in [4.78, 5) is 0. The Hall–Kier alpha value is 0.298. The van der Waals surface area contributed by atoms with Crippen LogP contribution >= 0.6 is 0 Å². The Kier molecular flexibility index (Phi) is 4.65. The molecule has 0 unspecified atom stereocenters. The second-order valence-electron chi connectivity index (χ2n) is 1.76. The third-order valence-electron chi connectivity index (χ3n) is 0.575. The molecule has 0 aromatic rings. The summed E-state index contributed by atoms with van der Waals surface area (Å²) >= 11 is 1.52. The molecule has 0 bridgehead atoms. The zero-order valence-electron chi connectivity index (χ0n) is 4.72. The molecular formula is C6H10W. The van der Waals surface area contributed by atoms with Gasteiger partial charge in [0.1, 0.15) is 0 Å². The van der Waals surface area contributed by atoms with Gasteiger partial charge in [0.05, 0.1) is 0 Å². The van der Waals surface area contributed by atoms with E-state index in [9.17, 15) is 0 Å². The molecule has 0 saturated carbocycles. The van der Waals surface area contributed by atoms with Crippen LogP contribution in [-0.2, 0) is 19.4 Å². The van der Waals surface area contributed by atoms with E-state index in [2.05, 4.69) is 30.4 Å². The van der Waals surface area contributed by atoms with Crippen LogP contribution in [0.2, 0.25) is 0 Å². The summed E-state index contributed by atoms with van der Waals surface area (Å²) in [7, 11) is 0. The van der Waals surface area contributed by atoms with Crippen LogP contribution in [0.25, 0.3) is 0 Å². The maximum atomic E-state index is 2.19. The summed E-state index contributed by atoms with van der Waals surface area (Å²) in [6, 6.07) is 0. The quantitative estimate of drug-likeness (QED) is 0.711. The first kappa shape index (κ1) is 7.30.